The zero-order valence-electron chi connectivity index (χ0n) is 13.1. The number of likely N-dealkylation sites (tertiary alicyclic amines) is 1. The Morgan fingerprint density at radius 1 is 1.18 bits per heavy atom. The standard InChI is InChI=1S/C16H23N3O2S/c1-11(19-10-6-2-3-9-14(19)20)15(21)18-16-17-12-7-4-5-8-13(12)22-16/h11H,2-10H2,1H3,(H,17,18,21). The van der Waals surface area contributed by atoms with Crippen LogP contribution in [-0.4, -0.2) is 34.3 Å². The van der Waals surface area contributed by atoms with Crippen LogP contribution in [0.2, 0.25) is 0 Å². The number of carbonyl (C=O) groups excluding carboxylic acids is 2. The molecule has 5 nitrogen and oxygen atoms in total. The van der Waals surface area contributed by atoms with E-state index >= 15 is 0 Å². The molecule has 0 saturated carbocycles. The molecule has 1 atom stereocenters. The van der Waals surface area contributed by atoms with E-state index in [0.717, 1.165) is 37.8 Å². The summed E-state index contributed by atoms with van der Waals surface area (Å²) in [4.78, 5) is 32.1. The first kappa shape index (κ1) is 15.5. The molecule has 0 bridgehead atoms. The molecular formula is C16H23N3O2S. The number of thiazole rings is 1. The summed E-state index contributed by atoms with van der Waals surface area (Å²) < 4.78 is 0. The van der Waals surface area contributed by atoms with E-state index in [9.17, 15) is 9.59 Å². The molecule has 120 valence electrons. The number of carbonyl (C=O) groups is 2. The quantitative estimate of drug-likeness (QED) is 0.931. The number of aromatic nitrogens is 1. The predicted molar refractivity (Wildman–Crippen MR) is 87.0 cm³/mol. The second kappa shape index (κ2) is 6.77. The van der Waals surface area contributed by atoms with Gasteiger partial charge in [0.2, 0.25) is 11.8 Å². The third kappa shape index (κ3) is 3.32. The van der Waals surface area contributed by atoms with E-state index in [1.165, 1.54) is 17.7 Å². The normalized spacial score (nSPS) is 20.2. The molecule has 1 N–H and O–H groups in total. The van der Waals surface area contributed by atoms with Crippen molar-refractivity contribution >= 4 is 28.3 Å². The predicted octanol–water partition coefficient (Wildman–Crippen LogP) is 2.75. The van der Waals surface area contributed by atoms with Gasteiger partial charge in [-0.1, -0.05) is 6.42 Å². The number of fused-ring (bicyclic) bond motifs is 1. The minimum Gasteiger partial charge on any atom is -0.331 e. The van der Waals surface area contributed by atoms with Gasteiger partial charge in [0.15, 0.2) is 5.13 Å². The molecule has 1 aromatic heterocycles. The highest BCUT2D eigenvalue weighted by atomic mass is 32.1. The van der Waals surface area contributed by atoms with Crippen LogP contribution >= 0.6 is 11.3 Å². The van der Waals surface area contributed by atoms with E-state index in [1.54, 1.807) is 16.2 Å². The highest BCUT2D eigenvalue weighted by molar-refractivity contribution is 7.15. The first-order chi connectivity index (χ1) is 10.6. The van der Waals surface area contributed by atoms with Crippen molar-refractivity contribution in [3.63, 3.8) is 0 Å². The summed E-state index contributed by atoms with van der Waals surface area (Å²) >= 11 is 1.59. The molecule has 1 unspecified atom stereocenters. The van der Waals surface area contributed by atoms with Crippen LogP contribution in [0.15, 0.2) is 0 Å². The zero-order chi connectivity index (χ0) is 15.5. The Kier molecular flexibility index (Phi) is 4.76. The van der Waals surface area contributed by atoms with Gasteiger partial charge >= 0.3 is 0 Å². The van der Waals surface area contributed by atoms with Gasteiger partial charge in [-0.05, 0) is 45.4 Å². The summed E-state index contributed by atoms with van der Waals surface area (Å²) in [5, 5.41) is 3.60. The average molecular weight is 321 g/mol. The monoisotopic (exact) mass is 321 g/mol. The molecule has 0 aromatic carbocycles. The third-order valence-electron chi connectivity index (χ3n) is 4.53. The van der Waals surface area contributed by atoms with Gasteiger partial charge in [-0.2, -0.15) is 0 Å². The maximum atomic E-state index is 12.4. The van der Waals surface area contributed by atoms with Crippen LogP contribution in [0.4, 0.5) is 5.13 Å². The number of hydrogen-bond acceptors (Lipinski definition) is 4. The Hall–Kier alpha value is -1.43. The lowest BCUT2D eigenvalue weighted by atomic mass is 10.0. The van der Waals surface area contributed by atoms with Crippen molar-refractivity contribution in [1.82, 2.24) is 9.88 Å². The topological polar surface area (TPSA) is 62.3 Å². The summed E-state index contributed by atoms with van der Waals surface area (Å²) in [7, 11) is 0. The summed E-state index contributed by atoms with van der Waals surface area (Å²) in [5.41, 5.74) is 1.14. The molecule has 1 fully saturated rings. The fourth-order valence-corrected chi connectivity index (χ4v) is 4.22. The fourth-order valence-electron chi connectivity index (χ4n) is 3.17. The zero-order valence-corrected chi connectivity index (χ0v) is 13.9. The van der Waals surface area contributed by atoms with Crippen molar-refractivity contribution in [1.29, 1.82) is 0 Å². The molecule has 0 radical (unpaired) electrons. The molecule has 1 aliphatic carbocycles. The second-order valence-corrected chi connectivity index (χ2v) is 7.24. The van der Waals surface area contributed by atoms with Gasteiger partial charge in [-0.3, -0.25) is 9.59 Å². The van der Waals surface area contributed by atoms with Crippen LogP contribution in [0, 0.1) is 0 Å². The summed E-state index contributed by atoms with van der Waals surface area (Å²) in [6.45, 7) is 2.49. The van der Waals surface area contributed by atoms with Gasteiger partial charge in [-0.15, -0.1) is 11.3 Å². The average Bonchev–Trinajstić information content (AvgIpc) is 2.79. The molecule has 1 aliphatic heterocycles. The van der Waals surface area contributed by atoms with Gasteiger partial charge in [0.05, 0.1) is 5.69 Å². The minimum absolute atomic E-state index is 0.0959. The molecule has 1 aromatic rings. The van der Waals surface area contributed by atoms with Gasteiger partial charge in [0, 0.05) is 17.8 Å². The van der Waals surface area contributed by atoms with Crippen LogP contribution in [-0.2, 0) is 22.4 Å². The van der Waals surface area contributed by atoms with Gasteiger partial charge < -0.3 is 10.2 Å². The number of hydrogen-bond donors (Lipinski definition) is 1. The van der Waals surface area contributed by atoms with Crippen molar-refractivity contribution in [2.45, 2.75) is 64.3 Å². The van der Waals surface area contributed by atoms with E-state index in [4.69, 9.17) is 0 Å². The summed E-state index contributed by atoms with van der Waals surface area (Å²) in [6, 6.07) is -0.425. The molecule has 0 spiro atoms. The minimum atomic E-state index is -0.425. The van der Waals surface area contributed by atoms with Crippen molar-refractivity contribution in [2.24, 2.45) is 0 Å². The van der Waals surface area contributed by atoms with Crippen LogP contribution in [0.5, 0.6) is 0 Å². The molecule has 2 aliphatic rings. The van der Waals surface area contributed by atoms with Crippen molar-refractivity contribution in [3.05, 3.63) is 10.6 Å². The van der Waals surface area contributed by atoms with Crippen LogP contribution in [0.25, 0.3) is 0 Å². The molecule has 3 rings (SSSR count). The second-order valence-electron chi connectivity index (χ2n) is 6.16. The first-order valence-electron chi connectivity index (χ1n) is 8.24. The van der Waals surface area contributed by atoms with Gasteiger partial charge in [0.25, 0.3) is 0 Å². The highest BCUT2D eigenvalue weighted by Crippen LogP contribution is 2.29. The molecule has 22 heavy (non-hydrogen) atoms. The number of anilines is 1. The van der Waals surface area contributed by atoms with Crippen molar-refractivity contribution in [2.75, 3.05) is 11.9 Å². The van der Waals surface area contributed by atoms with Crippen molar-refractivity contribution in [3.8, 4) is 0 Å². The number of nitrogens with zero attached hydrogens (tertiary/aromatic N) is 2. The maximum absolute atomic E-state index is 12.4. The molecular weight excluding hydrogens is 298 g/mol. The van der Waals surface area contributed by atoms with E-state index in [2.05, 4.69) is 10.3 Å². The van der Waals surface area contributed by atoms with Crippen LogP contribution in [0.3, 0.4) is 0 Å². The van der Waals surface area contributed by atoms with Crippen molar-refractivity contribution < 1.29 is 9.59 Å². The SMILES string of the molecule is CC(C(=O)Nc1nc2c(s1)CCCC2)N1CCCCCC1=O. The van der Waals surface area contributed by atoms with E-state index < -0.39 is 6.04 Å². The molecule has 6 heteroatoms. The van der Waals surface area contributed by atoms with Gasteiger partial charge in [-0.25, -0.2) is 4.98 Å². The Morgan fingerprint density at radius 3 is 2.77 bits per heavy atom. The molecule has 2 amide bonds. The van der Waals surface area contributed by atoms with E-state index in [1.807, 2.05) is 6.92 Å². The lowest BCUT2D eigenvalue weighted by Gasteiger charge is -2.26. The summed E-state index contributed by atoms with van der Waals surface area (Å²) in [6.07, 6.45) is 8.02. The van der Waals surface area contributed by atoms with Gasteiger partial charge in [0.1, 0.15) is 6.04 Å². The number of amides is 2. The Bertz CT molecular complexity index is 546. The van der Waals surface area contributed by atoms with Crippen LogP contribution in [0.1, 0.15) is 56.0 Å². The Morgan fingerprint density at radius 2 is 1.95 bits per heavy atom. The summed E-state index contributed by atoms with van der Waals surface area (Å²) in [5.74, 6) is -0.0278. The number of rotatable bonds is 3. The number of nitrogens with one attached hydrogen (secondary N) is 1. The fraction of sp³-hybridized carbons (Fsp3) is 0.688. The van der Waals surface area contributed by atoms with E-state index in [0.29, 0.717) is 18.1 Å². The highest BCUT2D eigenvalue weighted by Gasteiger charge is 2.27. The first-order valence-corrected chi connectivity index (χ1v) is 9.05. The smallest absolute Gasteiger partial charge is 0.248 e. The molecule has 1 saturated heterocycles. The lowest BCUT2D eigenvalue weighted by Crippen LogP contribution is -2.45. The largest absolute Gasteiger partial charge is 0.331 e. The maximum Gasteiger partial charge on any atom is 0.248 e. The Balaban J connectivity index is 1.65. The third-order valence-corrected chi connectivity index (χ3v) is 5.61. The van der Waals surface area contributed by atoms with E-state index in [-0.39, 0.29) is 11.8 Å². The lowest BCUT2D eigenvalue weighted by molar-refractivity contribution is -0.137. The molecule has 2 heterocycles. The Labute approximate surface area is 135 Å². The number of aryl methyl sites for hydroxylation is 2. The van der Waals surface area contributed by atoms with Crippen LogP contribution < -0.4 is 5.32 Å².